The molecule has 1 aromatic rings. The van der Waals surface area contributed by atoms with Gasteiger partial charge in [0.15, 0.2) is 0 Å². The van der Waals surface area contributed by atoms with E-state index in [1.807, 2.05) is 0 Å². The minimum atomic E-state index is -1.55. The number of H-pyrrole nitrogens is 1. The fraction of sp³-hybridized carbons (Fsp3) is 0.579. The number of hydrogen-bond donors (Lipinski definition) is 8. The Kier molecular flexibility index (Phi) is 11.5. The SMILES string of the molecule is CC(NC(=O)C(CC(=O)O)NC(=O)C(CCCCN)NC(=O)C(N)Cc1cnc[nH]1)C(=O)O. The topological polar surface area (TPSA) is 243 Å². The van der Waals surface area contributed by atoms with Crippen LogP contribution in [0.2, 0.25) is 0 Å². The number of carbonyl (C=O) groups excluding carboxylic acids is 3. The van der Waals surface area contributed by atoms with E-state index in [2.05, 4.69) is 25.9 Å². The zero-order chi connectivity index (χ0) is 25.0. The van der Waals surface area contributed by atoms with Crippen LogP contribution in [0, 0.1) is 0 Å². The smallest absolute Gasteiger partial charge is 0.325 e. The fourth-order valence-corrected chi connectivity index (χ4v) is 2.80. The van der Waals surface area contributed by atoms with Crippen molar-refractivity contribution in [3.05, 3.63) is 18.2 Å². The molecule has 4 unspecified atom stereocenters. The Morgan fingerprint density at radius 1 is 1.03 bits per heavy atom. The van der Waals surface area contributed by atoms with Gasteiger partial charge in [0.25, 0.3) is 0 Å². The number of aliphatic carboxylic acids is 2. The molecule has 0 spiro atoms. The molecule has 0 aliphatic heterocycles. The van der Waals surface area contributed by atoms with Gasteiger partial charge in [-0.1, -0.05) is 0 Å². The predicted molar refractivity (Wildman–Crippen MR) is 115 cm³/mol. The first kappa shape index (κ1) is 27.5. The third-order valence-electron chi connectivity index (χ3n) is 4.65. The van der Waals surface area contributed by atoms with Crippen molar-refractivity contribution >= 4 is 29.7 Å². The predicted octanol–water partition coefficient (Wildman–Crippen LogP) is -2.56. The summed E-state index contributed by atoms with van der Waals surface area (Å²) >= 11 is 0. The molecule has 14 nitrogen and oxygen atoms in total. The Labute approximate surface area is 189 Å². The number of carboxylic acid groups (broad SMARTS) is 2. The maximum atomic E-state index is 12.8. The average molecular weight is 469 g/mol. The molecule has 10 N–H and O–H groups in total. The summed E-state index contributed by atoms with van der Waals surface area (Å²) in [5.74, 6) is -5.14. The second kappa shape index (κ2) is 13.8. The largest absolute Gasteiger partial charge is 0.481 e. The second-order valence-corrected chi connectivity index (χ2v) is 7.46. The highest BCUT2D eigenvalue weighted by atomic mass is 16.4. The molecule has 14 heteroatoms. The molecule has 0 saturated heterocycles. The number of unbranched alkanes of at least 4 members (excludes halogenated alkanes) is 1. The molecule has 3 amide bonds. The normalized spacial score (nSPS) is 14.4. The number of aromatic nitrogens is 2. The van der Waals surface area contributed by atoms with Gasteiger partial charge >= 0.3 is 11.9 Å². The van der Waals surface area contributed by atoms with Gasteiger partial charge in [0, 0.05) is 18.3 Å². The second-order valence-electron chi connectivity index (χ2n) is 7.46. The third kappa shape index (κ3) is 10.1. The quantitative estimate of drug-likeness (QED) is 0.125. The van der Waals surface area contributed by atoms with E-state index in [4.69, 9.17) is 21.7 Å². The van der Waals surface area contributed by atoms with Crippen molar-refractivity contribution in [3.63, 3.8) is 0 Å². The van der Waals surface area contributed by atoms with Crippen LogP contribution in [0.25, 0.3) is 0 Å². The summed E-state index contributed by atoms with van der Waals surface area (Å²) in [6.45, 7) is 1.55. The van der Waals surface area contributed by atoms with E-state index < -0.39 is 60.2 Å². The van der Waals surface area contributed by atoms with Crippen LogP contribution in [0.3, 0.4) is 0 Å². The van der Waals surface area contributed by atoms with Gasteiger partial charge in [-0.25, -0.2) is 4.98 Å². The molecule has 0 bridgehead atoms. The van der Waals surface area contributed by atoms with Gasteiger partial charge in [0.05, 0.1) is 18.8 Å². The molecule has 1 rings (SSSR count). The Balaban J connectivity index is 2.89. The molecular formula is C19H31N7O7. The highest BCUT2D eigenvalue weighted by molar-refractivity contribution is 5.95. The Bertz CT molecular complexity index is 815. The van der Waals surface area contributed by atoms with Crippen LogP contribution in [0.1, 0.15) is 38.3 Å². The number of nitrogens with two attached hydrogens (primary N) is 2. The van der Waals surface area contributed by atoms with Gasteiger partial charge in [-0.3, -0.25) is 24.0 Å². The molecule has 1 heterocycles. The Hall–Kier alpha value is -3.52. The summed E-state index contributed by atoms with van der Waals surface area (Å²) < 4.78 is 0. The molecule has 33 heavy (non-hydrogen) atoms. The van der Waals surface area contributed by atoms with Crippen LogP contribution in [-0.2, 0) is 30.4 Å². The number of rotatable bonds is 15. The zero-order valence-corrected chi connectivity index (χ0v) is 18.2. The lowest BCUT2D eigenvalue weighted by molar-refractivity contribution is -0.143. The zero-order valence-electron chi connectivity index (χ0n) is 18.2. The van der Waals surface area contributed by atoms with E-state index in [1.165, 1.54) is 19.4 Å². The Morgan fingerprint density at radius 3 is 2.21 bits per heavy atom. The van der Waals surface area contributed by atoms with E-state index in [0.29, 0.717) is 25.1 Å². The number of carbonyl (C=O) groups is 5. The number of aromatic amines is 1. The summed E-state index contributed by atoms with van der Waals surface area (Å²) in [7, 11) is 0. The van der Waals surface area contributed by atoms with Crippen LogP contribution < -0.4 is 27.4 Å². The molecule has 184 valence electrons. The summed E-state index contributed by atoms with van der Waals surface area (Å²) in [5.41, 5.74) is 12.0. The number of nitrogens with one attached hydrogen (secondary N) is 4. The first-order valence-corrected chi connectivity index (χ1v) is 10.3. The Morgan fingerprint density at radius 2 is 1.67 bits per heavy atom. The minimum absolute atomic E-state index is 0.139. The van der Waals surface area contributed by atoms with Crippen molar-refractivity contribution in [1.29, 1.82) is 0 Å². The van der Waals surface area contributed by atoms with Crippen molar-refractivity contribution in [2.45, 2.75) is 63.2 Å². The van der Waals surface area contributed by atoms with E-state index in [-0.39, 0.29) is 12.8 Å². The highest BCUT2D eigenvalue weighted by Crippen LogP contribution is 2.05. The summed E-state index contributed by atoms with van der Waals surface area (Å²) in [6, 6.07) is -4.96. The number of carboxylic acids is 2. The number of amides is 3. The highest BCUT2D eigenvalue weighted by Gasteiger charge is 2.30. The lowest BCUT2D eigenvalue weighted by atomic mass is 10.1. The van der Waals surface area contributed by atoms with Gasteiger partial charge in [-0.15, -0.1) is 0 Å². The molecule has 4 atom stereocenters. The summed E-state index contributed by atoms with van der Waals surface area (Å²) in [4.78, 5) is 66.5. The summed E-state index contributed by atoms with van der Waals surface area (Å²) in [6.07, 6.45) is 3.49. The first-order valence-electron chi connectivity index (χ1n) is 10.3. The molecule has 0 radical (unpaired) electrons. The lowest BCUT2D eigenvalue weighted by Gasteiger charge is -2.24. The molecule has 0 saturated carbocycles. The van der Waals surface area contributed by atoms with E-state index >= 15 is 0 Å². The van der Waals surface area contributed by atoms with Crippen LogP contribution >= 0.6 is 0 Å². The lowest BCUT2D eigenvalue weighted by Crippen LogP contribution is -2.57. The van der Waals surface area contributed by atoms with Crippen LogP contribution in [0.15, 0.2) is 12.5 Å². The van der Waals surface area contributed by atoms with E-state index in [1.54, 1.807) is 0 Å². The maximum Gasteiger partial charge on any atom is 0.325 e. The fourth-order valence-electron chi connectivity index (χ4n) is 2.80. The van der Waals surface area contributed by atoms with Gasteiger partial charge < -0.3 is 42.6 Å². The van der Waals surface area contributed by atoms with Crippen LogP contribution in [0.5, 0.6) is 0 Å². The van der Waals surface area contributed by atoms with Crippen molar-refractivity contribution in [2.75, 3.05) is 6.54 Å². The van der Waals surface area contributed by atoms with Gasteiger partial charge in [-0.2, -0.15) is 0 Å². The van der Waals surface area contributed by atoms with E-state index in [0.717, 1.165) is 0 Å². The van der Waals surface area contributed by atoms with Gasteiger partial charge in [0.2, 0.25) is 17.7 Å². The molecule has 0 aromatic carbocycles. The molecule has 0 fully saturated rings. The first-order chi connectivity index (χ1) is 15.5. The third-order valence-corrected chi connectivity index (χ3v) is 4.65. The standard InChI is InChI=1S/C19H31N7O7/c1-10(19(32)33)24-18(31)14(7-15(27)28)26-17(30)13(4-2-3-5-20)25-16(29)12(21)6-11-8-22-9-23-11/h8-10,12-14H,2-7,20-21H2,1H3,(H,22,23)(H,24,31)(H,25,29)(H,26,30)(H,27,28)(H,32,33). The molecule has 1 aromatic heterocycles. The molecular weight excluding hydrogens is 438 g/mol. The van der Waals surface area contributed by atoms with Crippen molar-refractivity contribution < 1.29 is 34.2 Å². The van der Waals surface area contributed by atoms with Crippen LogP contribution in [-0.4, -0.2) is 80.6 Å². The van der Waals surface area contributed by atoms with Crippen molar-refractivity contribution in [2.24, 2.45) is 11.5 Å². The van der Waals surface area contributed by atoms with Crippen molar-refractivity contribution in [3.8, 4) is 0 Å². The van der Waals surface area contributed by atoms with E-state index in [9.17, 15) is 24.0 Å². The number of nitrogens with zero attached hydrogens (tertiary/aromatic N) is 1. The van der Waals surface area contributed by atoms with Crippen LogP contribution in [0.4, 0.5) is 0 Å². The average Bonchev–Trinajstić information content (AvgIpc) is 3.24. The van der Waals surface area contributed by atoms with Gasteiger partial charge in [0.1, 0.15) is 18.1 Å². The summed E-state index contributed by atoms with van der Waals surface area (Å²) in [5, 5.41) is 24.9. The monoisotopic (exact) mass is 469 g/mol. The van der Waals surface area contributed by atoms with Crippen molar-refractivity contribution in [1.82, 2.24) is 25.9 Å². The molecule has 0 aliphatic rings. The minimum Gasteiger partial charge on any atom is -0.481 e. The number of hydrogen-bond acceptors (Lipinski definition) is 8. The maximum absolute atomic E-state index is 12.8. The van der Waals surface area contributed by atoms with Gasteiger partial charge in [-0.05, 0) is 32.7 Å². The number of imidazole rings is 1. The molecule has 0 aliphatic carbocycles.